The molecule has 4 heteroatoms. The average Bonchev–Trinajstić information content (AvgIpc) is 2.39. The number of rotatable bonds is 5. The van der Waals surface area contributed by atoms with Crippen LogP contribution in [-0.2, 0) is 6.42 Å². The highest BCUT2D eigenvalue weighted by Gasteiger charge is 2.12. The van der Waals surface area contributed by atoms with Crippen LogP contribution in [0.3, 0.4) is 0 Å². The Bertz CT molecular complexity index is 487. The van der Waals surface area contributed by atoms with Gasteiger partial charge in [0.1, 0.15) is 5.75 Å². The van der Waals surface area contributed by atoms with Gasteiger partial charge in [-0.1, -0.05) is 19.1 Å². The van der Waals surface area contributed by atoms with Crippen molar-refractivity contribution < 1.29 is 5.11 Å². The standard InChI is InChI=1S/C14H17N3O/c1-2-16-13(14-10-15-6-7-17-14)9-11-4-3-5-12(18)8-11/h3-8,10,13,16,18H,2,9H2,1H3. The number of nitrogens with zero attached hydrogens (tertiary/aromatic N) is 2. The largest absolute Gasteiger partial charge is 0.508 e. The maximum atomic E-state index is 9.48. The molecular formula is C14H17N3O. The summed E-state index contributed by atoms with van der Waals surface area (Å²) < 4.78 is 0. The number of hydrogen-bond donors (Lipinski definition) is 2. The summed E-state index contributed by atoms with van der Waals surface area (Å²) >= 11 is 0. The van der Waals surface area contributed by atoms with Crippen LogP contribution in [0.25, 0.3) is 0 Å². The van der Waals surface area contributed by atoms with E-state index in [1.807, 2.05) is 12.1 Å². The van der Waals surface area contributed by atoms with Crippen LogP contribution in [0.5, 0.6) is 5.75 Å². The second kappa shape index (κ2) is 6.12. The lowest BCUT2D eigenvalue weighted by Gasteiger charge is -2.17. The number of phenolic OH excluding ortho intramolecular Hbond substituents is 1. The molecule has 0 radical (unpaired) electrons. The van der Waals surface area contributed by atoms with Crippen LogP contribution in [0.2, 0.25) is 0 Å². The molecule has 94 valence electrons. The number of aromatic nitrogens is 2. The molecule has 0 amide bonds. The highest BCUT2D eigenvalue weighted by molar-refractivity contribution is 5.28. The quantitative estimate of drug-likeness (QED) is 0.844. The first-order chi connectivity index (χ1) is 8.79. The van der Waals surface area contributed by atoms with Crippen LogP contribution in [0, 0.1) is 0 Å². The zero-order valence-corrected chi connectivity index (χ0v) is 10.4. The fourth-order valence-electron chi connectivity index (χ4n) is 1.94. The number of hydrogen-bond acceptors (Lipinski definition) is 4. The van der Waals surface area contributed by atoms with E-state index in [0.29, 0.717) is 5.75 Å². The molecule has 2 N–H and O–H groups in total. The van der Waals surface area contributed by atoms with Crippen molar-refractivity contribution in [2.75, 3.05) is 6.54 Å². The molecule has 0 aliphatic heterocycles. The molecule has 2 aromatic rings. The topological polar surface area (TPSA) is 58.0 Å². The molecule has 18 heavy (non-hydrogen) atoms. The van der Waals surface area contributed by atoms with Crippen molar-refractivity contribution in [3.63, 3.8) is 0 Å². The van der Waals surface area contributed by atoms with Gasteiger partial charge in [0.05, 0.1) is 11.7 Å². The molecule has 1 aromatic carbocycles. The molecule has 0 saturated carbocycles. The summed E-state index contributed by atoms with van der Waals surface area (Å²) in [5, 5.41) is 12.9. The normalized spacial score (nSPS) is 12.3. The Hall–Kier alpha value is -1.94. The molecule has 1 unspecified atom stereocenters. The van der Waals surface area contributed by atoms with Crippen molar-refractivity contribution in [2.24, 2.45) is 0 Å². The molecule has 1 aromatic heterocycles. The third kappa shape index (κ3) is 3.28. The van der Waals surface area contributed by atoms with Crippen molar-refractivity contribution in [1.82, 2.24) is 15.3 Å². The molecule has 0 saturated heterocycles. The molecule has 2 rings (SSSR count). The second-order valence-electron chi connectivity index (χ2n) is 4.11. The molecule has 4 nitrogen and oxygen atoms in total. The van der Waals surface area contributed by atoms with Crippen LogP contribution in [0.15, 0.2) is 42.9 Å². The Morgan fingerprint density at radius 3 is 2.89 bits per heavy atom. The Balaban J connectivity index is 2.16. The molecule has 1 heterocycles. The van der Waals surface area contributed by atoms with Gasteiger partial charge in [-0.05, 0) is 30.7 Å². The van der Waals surface area contributed by atoms with Crippen molar-refractivity contribution in [1.29, 1.82) is 0 Å². The summed E-state index contributed by atoms with van der Waals surface area (Å²) in [6.45, 7) is 2.92. The Labute approximate surface area is 107 Å². The molecule has 0 fully saturated rings. The molecule has 1 atom stereocenters. The third-order valence-corrected chi connectivity index (χ3v) is 2.74. The van der Waals surface area contributed by atoms with Gasteiger partial charge in [0.25, 0.3) is 0 Å². The van der Waals surface area contributed by atoms with Crippen LogP contribution < -0.4 is 5.32 Å². The van der Waals surface area contributed by atoms with E-state index in [9.17, 15) is 5.11 Å². The third-order valence-electron chi connectivity index (χ3n) is 2.74. The monoisotopic (exact) mass is 243 g/mol. The minimum atomic E-state index is 0.116. The van der Waals surface area contributed by atoms with Crippen LogP contribution in [-0.4, -0.2) is 21.6 Å². The lowest BCUT2D eigenvalue weighted by Crippen LogP contribution is -2.24. The SMILES string of the molecule is CCNC(Cc1cccc(O)c1)c1cnccn1. The zero-order valence-electron chi connectivity index (χ0n) is 10.4. The fourth-order valence-corrected chi connectivity index (χ4v) is 1.94. The van der Waals surface area contributed by atoms with E-state index < -0.39 is 0 Å². The minimum Gasteiger partial charge on any atom is -0.508 e. The predicted molar refractivity (Wildman–Crippen MR) is 70.3 cm³/mol. The highest BCUT2D eigenvalue weighted by Crippen LogP contribution is 2.18. The summed E-state index contributed by atoms with van der Waals surface area (Å²) in [4.78, 5) is 8.42. The first kappa shape index (κ1) is 12.5. The van der Waals surface area contributed by atoms with E-state index in [1.54, 1.807) is 30.7 Å². The van der Waals surface area contributed by atoms with Gasteiger partial charge in [-0.25, -0.2) is 0 Å². The van der Waals surface area contributed by atoms with E-state index in [2.05, 4.69) is 22.2 Å². The van der Waals surface area contributed by atoms with Crippen molar-refractivity contribution in [3.8, 4) is 5.75 Å². The van der Waals surface area contributed by atoms with E-state index in [4.69, 9.17) is 0 Å². The molecule has 0 spiro atoms. The van der Waals surface area contributed by atoms with Crippen LogP contribution in [0.1, 0.15) is 24.2 Å². The summed E-state index contributed by atoms with van der Waals surface area (Å²) in [5.41, 5.74) is 1.99. The second-order valence-corrected chi connectivity index (χ2v) is 4.11. The van der Waals surface area contributed by atoms with Crippen molar-refractivity contribution in [3.05, 3.63) is 54.1 Å². The van der Waals surface area contributed by atoms with Gasteiger partial charge in [0.2, 0.25) is 0 Å². The summed E-state index contributed by atoms with van der Waals surface area (Å²) in [5.74, 6) is 0.293. The van der Waals surface area contributed by atoms with Crippen LogP contribution in [0.4, 0.5) is 0 Å². The number of phenols is 1. The highest BCUT2D eigenvalue weighted by atomic mass is 16.3. The van der Waals surface area contributed by atoms with E-state index in [-0.39, 0.29) is 6.04 Å². The number of likely N-dealkylation sites (N-methyl/N-ethyl adjacent to an activating group) is 1. The Morgan fingerprint density at radius 2 is 2.22 bits per heavy atom. The zero-order chi connectivity index (χ0) is 12.8. The summed E-state index contributed by atoms with van der Waals surface area (Å²) in [6.07, 6.45) is 5.92. The summed E-state index contributed by atoms with van der Waals surface area (Å²) in [7, 11) is 0. The van der Waals surface area contributed by atoms with E-state index >= 15 is 0 Å². The fraction of sp³-hybridized carbons (Fsp3) is 0.286. The lowest BCUT2D eigenvalue weighted by molar-refractivity contribution is 0.473. The van der Waals surface area contributed by atoms with Gasteiger partial charge in [0, 0.05) is 18.6 Å². The van der Waals surface area contributed by atoms with Crippen LogP contribution >= 0.6 is 0 Å². The number of aromatic hydroxyl groups is 1. The first-order valence-corrected chi connectivity index (χ1v) is 6.06. The maximum absolute atomic E-state index is 9.48. The molecule has 0 aliphatic carbocycles. The summed E-state index contributed by atoms with van der Waals surface area (Å²) in [6, 6.07) is 7.42. The van der Waals surface area contributed by atoms with Crippen molar-refractivity contribution >= 4 is 0 Å². The Morgan fingerprint density at radius 1 is 1.33 bits per heavy atom. The maximum Gasteiger partial charge on any atom is 0.115 e. The van der Waals surface area contributed by atoms with Gasteiger partial charge < -0.3 is 10.4 Å². The van der Waals surface area contributed by atoms with Gasteiger partial charge in [-0.15, -0.1) is 0 Å². The van der Waals surface area contributed by atoms with Gasteiger partial charge in [-0.2, -0.15) is 0 Å². The number of benzene rings is 1. The first-order valence-electron chi connectivity index (χ1n) is 6.06. The smallest absolute Gasteiger partial charge is 0.115 e. The van der Waals surface area contributed by atoms with E-state index in [1.165, 1.54) is 0 Å². The molecular weight excluding hydrogens is 226 g/mol. The minimum absolute atomic E-state index is 0.116. The Kier molecular flexibility index (Phi) is 4.25. The lowest BCUT2D eigenvalue weighted by atomic mass is 10.0. The van der Waals surface area contributed by atoms with Crippen molar-refractivity contribution in [2.45, 2.75) is 19.4 Å². The predicted octanol–water partition coefficient (Wildman–Crippen LogP) is 2.08. The van der Waals surface area contributed by atoms with E-state index in [0.717, 1.165) is 24.2 Å². The number of nitrogens with one attached hydrogen (secondary N) is 1. The molecule has 0 aliphatic rings. The molecule has 0 bridgehead atoms. The average molecular weight is 243 g/mol. The van der Waals surface area contributed by atoms with Gasteiger partial charge in [-0.3, -0.25) is 9.97 Å². The van der Waals surface area contributed by atoms with Gasteiger partial charge in [0.15, 0.2) is 0 Å². The van der Waals surface area contributed by atoms with Gasteiger partial charge >= 0.3 is 0 Å².